The monoisotopic (exact) mass is 759 g/mol. The van der Waals surface area contributed by atoms with Crippen LogP contribution >= 0.6 is 0 Å². The zero-order chi connectivity index (χ0) is 38.9. The van der Waals surface area contributed by atoms with E-state index >= 15 is 0 Å². The lowest BCUT2D eigenvalue weighted by molar-refractivity contribution is 0.620. The molecule has 0 saturated carbocycles. The van der Waals surface area contributed by atoms with Gasteiger partial charge in [0.25, 0.3) is 0 Å². The van der Waals surface area contributed by atoms with E-state index in [0.717, 1.165) is 105 Å². The molecule has 9 aromatic carbocycles. The molecule has 0 bridgehead atoms. The van der Waals surface area contributed by atoms with Crippen LogP contribution in [0.15, 0.2) is 213 Å². The molecule has 6 heteroatoms. The van der Waals surface area contributed by atoms with Crippen molar-refractivity contribution in [2.24, 2.45) is 0 Å². The number of anilines is 6. The number of rotatable bonds is 7. The summed E-state index contributed by atoms with van der Waals surface area (Å²) < 4.78 is 19.1. The van der Waals surface area contributed by atoms with Crippen molar-refractivity contribution in [2.45, 2.75) is 0 Å². The van der Waals surface area contributed by atoms with Crippen LogP contribution in [0, 0.1) is 0 Å². The molecule has 12 aromatic rings. The molecule has 0 aliphatic heterocycles. The van der Waals surface area contributed by atoms with Gasteiger partial charge in [-0.1, -0.05) is 91.0 Å². The molecular weight excluding hydrogens is 727 g/mol. The van der Waals surface area contributed by atoms with E-state index in [-0.39, 0.29) is 0 Å². The number of hydrogen-bond donors (Lipinski definition) is 0. The van der Waals surface area contributed by atoms with E-state index in [2.05, 4.69) is 149 Å². The minimum atomic E-state index is 0.578. The van der Waals surface area contributed by atoms with Crippen LogP contribution in [0.1, 0.15) is 0 Å². The Kier molecular flexibility index (Phi) is 7.43. The fourth-order valence-electron chi connectivity index (χ4n) is 8.54. The van der Waals surface area contributed by atoms with Crippen molar-refractivity contribution in [3.8, 4) is 11.5 Å². The highest BCUT2D eigenvalue weighted by Gasteiger charge is 2.24. The second kappa shape index (κ2) is 13.3. The third-order valence-corrected chi connectivity index (χ3v) is 11.2. The van der Waals surface area contributed by atoms with E-state index in [0.29, 0.717) is 5.89 Å². The molecular formula is C53H33N3O3. The first kappa shape index (κ1) is 33.1. The number of aromatic nitrogens is 1. The summed E-state index contributed by atoms with van der Waals surface area (Å²) in [6.07, 6.45) is 0. The Balaban J connectivity index is 1.17. The zero-order valence-electron chi connectivity index (χ0n) is 31.6. The fourth-order valence-corrected chi connectivity index (χ4v) is 8.54. The van der Waals surface area contributed by atoms with Gasteiger partial charge in [0, 0.05) is 66.3 Å². The molecule has 278 valence electrons. The van der Waals surface area contributed by atoms with Gasteiger partial charge in [-0.2, -0.15) is 0 Å². The summed E-state index contributed by atoms with van der Waals surface area (Å²) in [6, 6.07) is 69.2. The van der Waals surface area contributed by atoms with Crippen molar-refractivity contribution in [1.29, 1.82) is 0 Å². The first-order valence-corrected chi connectivity index (χ1v) is 19.7. The summed E-state index contributed by atoms with van der Waals surface area (Å²) in [4.78, 5) is 9.87. The highest BCUT2D eigenvalue weighted by molar-refractivity contribution is 6.14. The molecule has 0 N–H and O–H groups in total. The van der Waals surface area contributed by atoms with Gasteiger partial charge in [0.2, 0.25) is 5.89 Å². The maximum Gasteiger partial charge on any atom is 0.227 e. The topological polar surface area (TPSA) is 58.8 Å². The minimum Gasteiger partial charge on any atom is -0.456 e. The van der Waals surface area contributed by atoms with Gasteiger partial charge in [0.15, 0.2) is 5.58 Å². The summed E-state index contributed by atoms with van der Waals surface area (Å²) >= 11 is 0. The number of para-hydroxylation sites is 4. The SMILES string of the molecule is c1ccc(-c2nc3c(ccc4c(N(c5ccccc5)c5ccc6oc7ccccc7c6c5)cc(N(c5ccccc5)c5ccc6oc7ccccc7c6c5)cc43)o2)cc1. The predicted octanol–water partition coefficient (Wildman–Crippen LogP) is 15.4. The minimum absolute atomic E-state index is 0.578. The Morgan fingerprint density at radius 3 is 1.42 bits per heavy atom. The summed E-state index contributed by atoms with van der Waals surface area (Å²) in [6.45, 7) is 0. The number of oxazole rings is 1. The van der Waals surface area contributed by atoms with Gasteiger partial charge >= 0.3 is 0 Å². The van der Waals surface area contributed by atoms with Crippen LogP contribution in [0.3, 0.4) is 0 Å². The van der Waals surface area contributed by atoms with Crippen molar-refractivity contribution in [2.75, 3.05) is 9.80 Å². The maximum absolute atomic E-state index is 6.50. The van der Waals surface area contributed by atoms with E-state index in [1.807, 2.05) is 60.7 Å². The van der Waals surface area contributed by atoms with Gasteiger partial charge in [0.05, 0.1) is 5.69 Å². The predicted molar refractivity (Wildman–Crippen MR) is 241 cm³/mol. The summed E-state index contributed by atoms with van der Waals surface area (Å²) in [5.74, 6) is 0.578. The van der Waals surface area contributed by atoms with Gasteiger partial charge < -0.3 is 23.1 Å². The van der Waals surface area contributed by atoms with Gasteiger partial charge in [0.1, 0.15) is 27.8 Å². The third kappa shape index (κ3) is 5.46. The molecule has 3 aromatic heterocycles. The first-order chi connectivity index (χ1) is 29.2. The number of furan rings is 2. The molecule has 0 fully saturated rings. The summed E-state index contributed by atoms with van der Waals surface area (Å²) in [5.41, 5.74) is 11.8. The largest absolute Gasteiger partial charge is 0.456 e. The van der Waals surface area contributed by atoms with E-state index in [4.69, 9.17) is 18.2 Å². The molecule has 0 aliphatic carbocycles. The van der Waals surface area contributed by atoms with Crippen molar-refractivity contribution < 1.29 is 13.3 Å². The smallest absolute Gasteiger partial charge is 0.227 e. The van der Waals surface area contributed by atoms with E-state index in [1.54, 1.807) is 0 Å². The average Bonchev–Trinajstić information content (AvgIpc) is 4.01. The van der Waals surface area contributed by atoms with Gasteiger partial charge in [-0.25, -0.2) is 4.98 Å². The molecule has 0 atom stereocenters. The number of nitrogens with zero attached hydrogens (tertiary/aromatic N) is 3. The second-order valence-electron chi connectivity index (χ2n) is 14.8. The highest BCUT2D eigenvalue weighted by atomic mass is 16.3. The van der Waals surface area contributed by atoms with E-state index < -0.39 is 0 Å². The van der Waals surface area contributed by atoms with Crippen LogP contribution in [0.5, 0.6) is 0 Å². The van der Waals surface area contributed by atoms with Crippen LogP contribution in [0.25, 0.3) is 77.2 Å². The lowest BCUT2D eigenvalue weighted by Gasteiger charge is -2.30. The Morgan fingerprint density at radius 1 is 0.305 bits per heavy atom. The van der Waals surface area contributed by atoms with Gasteiger partial charge in [-0.3, -0.25) is 0 Å². The number of benzene rings is 9. The third-order valence-electron chi connectivity index (χ3n) is 11.2. The Bertz CT molecular complexity index is 3520. The van der Waals surface area contributed by atoms with Gasteiger partial charge in [-0.05, 0) is 109 Å². The lowest BCUT2D eigenvalue weighted by Crippen LogP contribution is -2.14. The summed E-state index contributed by atoms with van der Waals surface area (Å²) in [5, 5.41) is 6.25. The molecule has 0 radical (unpaired) electrons. The Morgan fingerprint density at radius 2 is 0.797 bits per heavy atom. The second-order valence-corrected chi connectivity index (χ2v) is 14.8. The Labute approximate surface area is 338 Å². The molecule has 59 heavy (non-hydrogen) atoms. The normalized spacial score (nSPS) is 11.7. The van der Waals surface area contributed by atoms with E-state index in [9.17, 15) is 0 Å². The van der Waals surface area contributed by atoms with Gasteiger partial charge in [-0.15, -0.1) is 0 Å². The zero-order valence-corrected chi connectivity index (χ0v) is 31.6. The highest BCUT2D eigenvalue weighted by Crippen LogP contribution is 2.47. The van der Waals surface area contributed by atoms with Crippen molar-refractivity contribution in [1.82, 2.24) is 4.98 Å². The molecule has 0 amide bonds. The molecule has 0 aliphatic rings. The Hall–Kier alpha value is -8.09. The maximum atomic E-state index is 6.50. The van der Waals surface area contributed by atoms with Crippen molar-refractivity contribution in [3.05, 3.63) is 200 Å². The molecule has 0 saturated heterocycles. The molecule has 6 nitrogen and oxygen atoms in total. The molecule has 0 spiro atoms. The van der Waals surface area contributed by atoms with Crippen LogP contribution in [0.2, 0.25) is 0 Å². The van der Waals surface area contributed by atoms with Crippen LogP contribution in [-0.4, -0.2) is 4.98 Å². The van der Waals surface area contributed by atoms with Crippen LogP contribution < -0.4 is 9.80 Å². The standard InChI is InChI=1S/C53H33N3O3/c1-4-14-34(15-5-1)53-54-52-45-32-39(55(35-16-6-2-7-17-35)37-24-27-49-43(30-37)41-20-10-12-22-47(41)57-49)33-46(40(45)26-29-51(52)59-53)56(36-18-8-3-9-19-36)38-25-28-50-44(31-38)42-21-11-13-23-48(42)58-50/h1-33H. The van der Waals surface area contributed by atoms with Crippen molar-refractivity contribution in [3.63, 3.8) is 0 Å². The number of hydrogen-bond acceptors (Lipinski definition) is 6. The van der Waals surface area contributed by atoms with Crippen LogP contribution in [-0.2, 0) is 0 Å². The fraction of sp³-hybridized carbons (Fsp3) is 0. The summed E-state index contributed by atoms with van der Waals surface area (Å²) in [7, 11) is 0. The van der Waals surface area contributed by atoms with E-state index in [1.165, 1.54) is 0 Å². The van der Waals surface area contributed by atoms with Crippen LogP contribution in [0.4, 0.5) is 34.1 Å². The quantitative estimate of drug-likeness (QED) is 0.161. The lowest BCUT2D eigenvalue weighted by atomic mass is 10.0. The first-order valence-electron chi connectivity index (χ1n) is 19.7. The number of fused-ring (bicyclic) bond motifs is 9. The average molecular weight is 760 g/mol. The molecule has 3 heterocycles. The molecule has 0 unspecified atom stereocenters. The molecule has 12 rings (SSSR count). The van der Waals surface area contributed by atoms with Crippen molar-refractivity contribution >= 4 is 99.9 Å².